The third-order valence-electron chi connectivity index (χ3n) is 2.68. The van der Waals surface area contributed by atoms with E-state index in [-0.39, 0.29) is 0 Å². The minimum absolute atomic E-state index is 1.29. The van der Waals surface area contributed by atoms with E-state index in [9.17, 15) is 0 Å². The lowest BCUT2D eigenvalue weighted by molar-refractivity contribution is 0.970. The van der Waals surface area contributed by atoms with Crippen LogP contribution in [0.15, 0.2) is 48.0 Å². The third kappa shape index (κ3) is 1.29. The molecular formula is C13H11NS. The van der Waals surface area contributed by atoms with E-state index in [1.54, 1.807) is 11.3 Å². The number of rotatable bonds is 1. The molecule has 0 bridgehead atoms. The zero-order valence-corrected chi connectivity index (χ0v) is 9.29. The molecule has 0 atom stereocenters. The largest absolute Gasteiger partial charge is 0.350 e. The molecule has 0 radical (unpaired) electrons. The van der Waals surface area contributed by atoms with Gasteiger partial charge in [-0.1, -0.05) is 24.3 Å². The predicted octanol–water partition coefficient (Wildman–Crippen LogP) is 3.91. The second kappa shape index (κ2) is 3.24. The number of aryl methyl sites for hydroxylation is 1. The average Bonchev–Trinajstić information content (AvgIpc) is 2.87. The number of hydrogen-bond donors (Lipinski definition) is 0. The summed E-state index contributed by atoms with van der Waals surface area (Å²) in [7, 11) is 2.10. The Morgan fingerprint density at radius 2 is 1.93 bits per heavy atom. The molecule has 0 N–H and O–H groups in total. The van der Waals surface area contributed by atoms with E-state index in [1.807, 2.05) is 0 Å². The number of nitrogens with zero attached hydrogens (tertiary/aromatic N) is 1. The minimum atomic E-state index is 1.29. The fraction of sp³-hybridized carbons (Fsp3) is 0.0769. The van der Waals surface area contributed by atoms with Crippen LogP contribution in [0.25, 0.3) is 21.3 Å². The van der Waals surface area contributed by atoms with Gasteiger partial charge in [-0.05, 0) is 17.5 Å². The van der Waals surface area contributed by atoms with Crippen LogP contribution in [-0.2, 0) is 7.05 Å². The summed E-state index contributed by atoms with van der Waals surface area (Å²) in [4.78, 5) is 1.34. The van der Waals surface area contributed by atoms with Crippen molar-refractivity contribution in [1.82, 2.24) is 4.57 Å². The maximum atomic E-state index is 2.20. The first-order valence-electron chi connectivity index (χ1n) is 4.94. The summed E-state index contributed by atoms with van der Waals surface area (Å²) in [5, 5.41) is 3.46. The average molecular weight is 213 g/mol. The Labute approximate surface area is 92.6 Å². The van der Waals surface area contributed by atoms with Crippen molar-refractivity contribution in [2.24, 2.45) is 7.05 Å². The lowest BCUT2D eigenvalue weighted by Gasteiger charge is -1.94. The molecule has 0 aliphatic carbocycles. The first-order chi connectivity index (χ1) is 7.36. The van der Waals surface area contributed by atoms with Crippen LogP contribution in [-0.4, -0.2) is 4.57 Å². The van der Waals surface area contributed by atoms with Gasteiger partial charge in [-0.15, -0.1) is 11.3 Å². The van der Waals surface area contributed by atoms with Crippen molar-refractivity contribution >= 4 is 22.2 Å². The highest BCUT2D eigenvalue weighted by atomic mass is 32.1. The van der Waals surface area contributed by atoms with Gasteiger partial charge in [-0.3, -0.25) is 0 Å². The van der Waals surface area contributed by atoms with Crippen LogP contribution < -0.4 is 0 Å². The highest BCUT2D eigenvalue weighted by molar-refractivity contribution is 7.13. The molecule has 0 unspecified atom stereocenters. The van der Waals surface area contributed by atoms with Crippen molar-refractivity contribution in [3.63, 3.8) is 0 Å². The van der Waals surface area contributed by atoms with Crippen LogP contribution in [0.5, 0.6) is 0 Å². The van der Waals surface area contributed by atoms with Gasteiger partial charge in [0.1, 0.15) is 0 Å². The summed E-state index contributed by atoms with van der Waals surface area (Å²) in [6, 6.07) is 12.8. The molecule has 3 rings (SSSR count). The Morgan fingerprint density at radius 1 is 1.07 bits per heavy atom. The molecule has 1 aromatic carbocycles. The lowest BCUT2D eigenvalue weighted by Crippen LogP contribution is -1.81. The van der Waals surface area contributed by atoms with Crippen molar-refractivity contribution < 1.29 is 0 Å². The Morgan fingerprint density at radius 3 is 2.73 bits per heavy atom. The molecule has 0 saturated carbocycles. The molecule has 0 aliphatic rings. The minimum Gasteiger partial charge on any atom is -0.350 e. The molecule has 0 fully saturated rings. The summed E-state index contributed by atoms with van der Waals surface area (Å²) in [5.74, 6) is 0. The van der Waals surface area contributed by atoms with E-state index in [0.717, 1.165) is 0 Å². The summed E-state index contributed by atoms with van der Waals surface area (Å²) in [5.41, 5.74) is 2.63. The maximum Gasteiger partial charge on any atom is 0.0484 e. The van der Waals surface area contributed by atoms with E-state index in [0.29, 0.717) is 0 Å². The molecule has 1 nitrogen and oxygen atoms in total. The number of thiophene rings is 1. The van der Waals surface area contributed by atoms with Crippen molar-refractivity contribution in [3.05, 3.63) is 48.0 Å². The fourth-order valence-corrected chi connectivity index (χ4v) is 2.72. The molecule has 2 heterocycles. The predicted molar refractivity (Wildman–Crippen MR) is 66.2 cm³/mol. The van der Waals surface area contributed by atoms with E-state index >= 15 is 0 Å². The molecule has 0 saturated heterocycles. The van der Waals surface area contributed by atoms with Crippen LogP contribution >= 0.6 is 11.3 Å². The molecule has 3 aromatic rings. The zero-order chi connectivity index (χ0) is 10.3. The van der Waals surface area contributed by atoms with Gasteiger partial charge in [0.15, 0.2) is 0 Å². The standard InChI is InChI=1S/C13H11NS/c1-14-9-11(13-7-4-8-15-13)10-5-2-3-6-12(10)14/h2-9H,1H3. The van der Waals surface area contributed by atoms with Gasteiger partial charge in [0.25, 0.3) is 0 Å². The van der Waals surface area contributed by atoms with Crippen LogP contribution in [0, 0.1) is 0 Å². The van der Waals surface area contributed by atoms with Crippen molar-refractivity contribution in [2.75, 3.05) is 0 Å². The Balaban J connectivity index is 2.37. The summed E-state index contributed by atoms with van der Waals surface area (Å²) < 4.78 is 2.18. The van der Waals surface area contributed by atoms with Gasteiger partial charge in [-0.2, -0.15) is 0 Å². The van der Waals surface area contributed by atoms with Gasteiger partial charge in [0, 0.05) is 34.6 Å². The van der Waals surface area contributed by atoms with Gasteiger partial charge in [0.05, 0.1) is 0 Å². The van der Waals surface area contributed by atoms with Gasteiger partial charge >= 0.3 is 0 Å². The number of benzene rings is 1. The molecule has 15 heavy (non-hydrogen) atoms. The second-order valence-electron chi connectivity index (χ2n) is 3.65. The van der Waals surface area contributed by atoms with Crippen molar-refractivity contribution in [2.45, 2.75) is 0 Å². The summed E-state index contributed by atoms with van der Waals surface area (Å²) in [6.07, 6.45) is 2.20. The van der Waals surface area contributed by atoms with Gasteiger partial charge in [-0.25, -0.2) is 0 Å². The second-order valence-corrected chi connectivity index (χ2v) is 4.60. The third-order valence-corrected chi connectivity index (χ3v) is 3.59. The highest BCUT2D eigenvalue weighted by Gasteiger charge is 2.07. The van der Waals surface area contributed by atoms with Gasteiger partial charge < -0.3 is 4.57 Å². The van der Waals surface area contributed by atoms with Crippen LogP contribution in [0.3, 0.4) is 0 Å². The van der Waals surface area contributed by atoms with Gasteiger partial charge in [0.2, 0.25) is 0 Å². The number of hydrogen-bond acceptors (Lipinski definition) is 1. The first kappa shape index (κ1) is 8.74. The SMILES string of the molecule is Cn1cc(-c2cccs2)c2ccccc21. The molecule has 0 amide bonds. The topological polar surface area (TPSA) is 4.93 Å². The normalized spacial score (nSPS) is 11.0. The molecule has 74 valence electrons. The van der Waals surface area contributed by atoms with Crippen LogP contribution in [0.2, 0.25) is 0 Å². The Kier molecular flexibility index (Phi) is 1.89. The maximum absolute atomic E-state index is 2.20. The molecule has 0 aliphatic heterocycles. The number of aromatic nitrogens is 1. The summed E-state index contributed by atoms with van der Waals surface area (Å²) in [6.45, 7) is 0. The zero-order valence-electron chi connectivity index (χ0n) is 8.47. The number of fused-ring (bicyclic) bond motifs is 1. The van der Waals surface area contributed by atoms with E-state index in [4.69, 9.17) is 0 Å². The highest BCUT2D eigenvalue weighted by Crippen LogP contribution is 2.32. The number of para-hydroxylation sites is 1. The van der Waals surface area contributed by atoms with Crippen LogP contribution in [0.4, 0.5) is 0 Å². The van der Waals surface area contributed by atoms with Crippen LogP contribution in [0.1, 0.15) is 0 Å². The lowest BCUT2D eigenvalue weighted by atomic mass is 10.1. The summed E-state index contributed by atoms with van der Waals surface area (Å²) >= 11 is 1.79. The molecule has 2 aromatic heterocycles. The first-order valence-corrected chi connectivity index (χ1v) is 5.82. The van der Waals surface area contributed by atoms with Crippen molar-refractivity contribution in [3.8, 4) is 10.4 Å². The molecular weight excluding hydrogens is 202 g/mol. The van der Waals surface area contributed by atoms with Crippen molar-refractivity contribution in [1.29, 1.82) is 0 Å². The smallest absolute Gasteiger partial charge is 0.0484 e. The van der Waals surface area contributed by atoms with E-state index < -0.39 is 0 Å². The van der Waals surface area contributed by atoms with E-state index in [1.165, 1.54) is 21.3 Å². The Bertz CT molecular complexity index is 590. The molecule has 0 spiro atoms. The molecule has 2 heteroatoms. The quantitative estimate of drug-likeness (QED) is 0.577. The monoisotopic (exact) mass is 213 g/mol. The Hall–Kier alpha value is -1.54. The fourth-order valence-electron chi connectivity index (χ4n) is 1.97. The van der Waals surface area contributed by atoms with E-state index in [2.05, 4.69) is 59.6 Å².